The maximum absolute atomic E-state index is 13.0. The van der Waals surface area contributed by atoms with Gasteiger partial charge in [0, 0.05) is 27.9 Å². The second kappa shape index (κ2) is 6.78. The molecule has 0 saturated carbocycles. The number of rotatable bonds is 5. The third-order valence-electron chi connectivity index (χ3n) is 2.44. The second-order valence-corrected chi connectivity index (χ2v) is 5.46. The number of hydrogen-bond acceptors (Lipinski definition) is 2. The normalized spacial score (nSPS) is 10.5. The molecule has 1 nitrogen and oxygen atoms in total. The van der Waals surface area contributed by atoms with Crippen LogP contribution < -0.4 is 5.32 Å². The van der Waals surface area contributed by atoms with E-state index >= 15 is 0 Å². The lowest BCUT2D eigenvalue weighted by atomic mass is 10.3. The van der Waals surface area contributed by atoms with Gasteiger partial charge in [0.25, 0.3) is 0 Å². The van der Waals surface area contributed by atoms with Gasteiger partial charge in [-0.15, -0.1) is 11.8 Å². The van der Waals surface area contributed by atoms with Crippen LogP contribution in [0.25, 0.3) is 0 Å². The van der Waals surface area contributed by atoms with Crippen molar-refractivity contribution >= 4 is 29.1 Å². The Morgan fingerprint density at radius 1 is 1.00 bits per heavy atom. The Hall–Kier alpha value is -1.26. The molecule has 0 fully saturated rings. The smallest absolute Gasteiger partial charge is 0.159 e. The number of hydrogen-bond donors (Lipinski definition) is 1. The Bertz CT molecular complexity index is 546. The SMILES string of the molecule is Fc1ccc(SCCNc2ccc(Cl)cc2)cc1F. The maximum atomic E-state index is 13.0. The first kappa shape index (κ1) is 14.2. The average Bonchev–Trinajstić information content (AvgIpc) is 2.41. The zero-order valence-electron chi connectivity index (χ0n) is 10.00. The highest BCUT2D eigenvalue weighted by Gasteiger charge is 2.02. The van der Waals surface area contributed by atoms with Crippen LogP contribution in [0.5, 0.6) is 0 Å². The molecule has 2 rings (SSSR count). The monoisotopic (exact) mass is 299 g/mol. The van der Waals surface area contributed by atoms with Crippen molar-refractivity contribution in [2.45, 2.75) is 4.90 Å². The summed E-state index contributed by atoms with van der Waals surface area (Å²) in [5.74, 6) is -0.868. The first-order valence-corrected chi connectivity index (χ1v) is 7.09. The minimum Gasteiger partial charge on any atom is -0.384 e. The molecule has 5 heteroatoms. The molecule has 0 aromatic heterocycles. The number of halogens is 3. The van der Waals surface area contributed by atoms with Crippen molar-refractivity contribution in [1.29, 1.82) is 0 Å². The first-order valence-electron chi connectivity index (χ1n) is 5.72. The zero-order valence-corrected chi connectivity index (χ0v) is 11.6. The fourth-order valence-electron chi connectivity index (χ4n) is 1.50. The van der Waals surface area contributed by atoms with Gasteiger partial charge in [-0.25, -0.2) is 8.78 Å². The summed E-state index contributed by atoms with van der Waals surface area (Å²) in [5.41, 5.74) is 0.982. The van der Waals surface area contributed by atoms with Gasteiger partial charge in [-0.2, -0.15) is 0 Å². The lowest BCUT2D eigenvalue weighted by Gasteiger charge is -2.06. The van der Waals surface area contributed by atoms with Gasteiger partial charge in [-0.1, -0.05) is 11.6 Å². The van der Waals surface area contributed by atoms with Crippen LogP contribution in [-0.4, -0.2) is 12.3 Å². The van der Waals surface area contributed by atoms with E-state index in [2.05, 4.69) is 5.32 Å². The molecule has 1 N–H and O–H groups in total. The largest absolute Gasteiger partial charge is 0.384 e. The van der Waals surface area contributed by atoms with Crippen LogP contribution in [0, 0.1) is 11.6 Å². The summed E-state index contributed by atoms with van der Waals surface area (Å²) in [6.07, 6.45) is 0. The molecule has 0 atom stereocenters. The number of thioether (sulfide) groups is 1. The van der Waals surface area contributed by atoms with E-state index in [-0.39, 0.29) is 0 Å². The Morgan fingerprint density at radius 3 is 2.42 bits per heavy atom. The lowest BCUT2D eigenvalue weighted by Crippen LogP contribution is -2.03. The molecule has 0 aliphatic heterocycles. The predicted octanol–water partition coefficient (Wildman–Crippen LogP) is 4.82. The summed E-state index contributed by atoms with van der Waals surface area (Å²) in [6.45, 7) is 0.727. The molecule has 0 bridgehead atoms. The van der Waals surface area contributed by atoms with E-state index < -0.39 is 11.6 Å². The lowest BCUT2D eigenvalue weighted by molar-refractivity contribution is 0.506. The van der Waals surface area contributed by atoms with Crippen LogP contribution in [0.3, 0.4) is 0 Å². The number of anilines is 1. The summed E-state index contributed by atoms with van der Waals surface area (Å²) in [4.78, 5) is 0.719. The van der Waals surface area contributed by atoms with Crippen LogP contribution in [0.2, 0.25) is 5.02 Å². The first-order chi connectivity index (χ1) is 9.15. The predicted molar refractivity (Wildman–Crippen MR) is 77.0 cm³/mol. The van der Waals surface area contributed by atoms with E-state index in [1.54, 1.807) is 6.07 Å². The highest BCUT2D eigenvalue weighted by molar-refractivity contribution is 7.99. The molecular weight excluding hydrogens is 288 g/mol. The topological polar surface area (TPSA) is 12.0 Å². The second-order valence-electron chi connectivity index (χ2n) is 3.86. The summed E-state index contributed by atoms with van der Waals surface area (Å²) < 4.78 is 25.7. The van der Waals surface area contributed by atoms with Gasteiger partial charge < -0.3 is 5.32 Å². The van der Waals surface area contributed by atoms with Crippen LogP contribution in [0.4, 0.5) is 14.5 Å². The molecule has 0 radical (unpaired) electrons. The fourth-order valence-corrected chi connectivity index (χ4v) is 2.42. The van der Waals surface area contributed by atoms with Gasteiger partial charge in [-0.05, 0) is 42.5 Å². The number of benzene rings is 2. The summed E-state index contributed by atoms with van der Waals surface area (Å²) in [7, 11) is 0. The summed E-state index contributed by atoms with van der Waals surface area (Å²) in [5, 5.41) is 3.92. The quantitative estimate of drug-likeness (QED) is 0.627. The molecule has 0 heterocycles. The molecule has 0 aliphatic carbocycles. The minimum atomic E-state index is -0.816. The molecule has 19 heavy (non-hydrogen) atoms. The van der Waals surface area contributed by atoms with Gasteiger partial charge in [0.05, 0.1) is 0 Å². The van der Waals surface area contributed by atoms with Gasteiger partial charge in [-0.3, -0.25) is 0 Å². The van der Waals surface area contributed by atoms with Gasteiger partial charge >= 0.3 is 0 Å². The van der Waals surface area contributed by atoms with Crippen LogP contribution in [-0.2, 0) is 0 Å². The van der Waals surface area contributed by atoms with Crippen LogP contribution in [0.1, 0.15) is 0 Å². The molecule has 0 aliphatic rings. The van der Waals surface area contributed by atoms with Gasteiger partial charge in [0.2, 0.25) is 0 Å². The third-order valence-corrected chi connectivity index (χ3v) is 3.68. The Balaban J connectivity index is 1.77. The molecule has 0 amide bonds. The van der Waals surface area contributed by atoms with E-state index in [1.165, 1.54) is 17.8 Å². The fraction of sp³-hybridized carbons (Fsp3) is 0.143. The molecule has 100 valence electrons. The zero-order chi connectivity index (χ0) is 13.7. The standard InChI is InChI=1S/C14H12ClF2NS/c15-10-1-3-11(4-2-10)18-7-8-19-12-5-6-13(16)14(17)9-12/h1-6,9,18H,7-8H2. The number of nitrogens with one attached hydrogen (secondary N) is 1. The van der Waals surface area contributed by atoms with Crippen molar-refractivity contribution < 1.29 is 8.78 Å². The van der Waals surface area contributed by atoms with Crippen molar-refractivity contribution in [2.75, 3.05) is 17.6 Å². The van der Waals surface area contributed by atoms with Crippen LogP contribution >= 0.6 is 23.4 Å². The molecule has 2 aromatic rings. The molecule has 2 aromatic carbocycles. The van der Waals surface area contributed by atoms with Crippen molar-refractivity contribution in [3.8, 4) is 0 Å². The van der Waals surface area contributed by atoms with Crippen molar-refractivity contribution in [2.24, 2.45) is 0 Å². The highest BCUT2D eigenvalue weighted by Crippen LogP contribution is 2.20. The van der Waals surface area contributed by atoms with E-state index in [0.717, 1.165) is 28.9 Å². The third kappa shape index (κ3) is 4.40. The Morgan fingerprint density at radius 2 is 1.74 bits per heavy atom. The molecule has 0 spiro atoms. The van der Waals surface area contributed by atoms with E-state index in [1.807, 2.05) is 24.3 Å². The molecule has 0 saturated heterocycles. The molecule has 0 unspecified atom stereocenters. The van der Waals surface area contributed by atoms with Gasteiger partial charge in [0.15, 0.2) is 11.6 Å². The van der Waals surface area contributed by atoms with Crippen LogP contribution in [0.15, 0.2) is 47.4 Å². The Kier molecular flexibility index (Phi) is 5.05. The maximum Gasteiger partial charge on any atom is 0.159 e. The van der Waals surface area contributed by atoms with Crippen molar-refractivity contribution in [3.05, 3.63) is 59.1 Å². The minimum absolute atomic E-state index is 0.696. The van der Waals surface area contributed by atoms with E-state index in [9.17, 15) is 8.78 Å². The highest BCUT2D eigenvalue weighted by atomic mass is 35.5. The van der Waals surface area contributed by atoms with E-state index in [4.69, 9.17) is 11.6 Å². The average molecular weight is 300 g/mol. The summed E-state index contributed by atoms with van der Waals surface area (Å²) in [6, 6.07) is 11.3. The Labute approximate surface area is 120 Å². The molecular formula is C14H12ClF2NS. The van der Waals surface area contributed by atoms with E-state index in [0.29, 0.717) is 5.02 Å². The van der Waals surface area contributed by atoms with Crippen molar-refractivity contribution in [3.63, 3.8) is 0 Å². The van der Waals surface area contributed by atoms with Crippen molar-refractivity contribution in [1.82, 2.24) is 0 Å². The summed E-state index contributed by atoms with van der Waals surface area (Å²) >= 11 is 7.25. The van der Waals surface area contributed by atoms with Gasteiger partial charge in [0.1, 0.15) is 0 Å².